The molecule has 1 aliphatic rings. The summed E-state index contributed by atoms with van der Waals surface area (Å²) in [6.45, 7) is 9.09. The number of aliphatic hydroxyl groups is 1. The van der Waals surface area contributed by atoms with Gasteiger partial charge in [-0.1, -0.05) is 39.8 Å². The van der Waals surface area contributed by atoms with Gasteiger partial charge in [-0.2, -0.15) is 0 Å². The zero-order valence-electron chi connectivity index (χ0n) is 20.1. The van der Waals surface area contributed by atoms with E-state index in [4.69, 9.17) is 9.47 Å². The van der Waals surface area contributed by atoms with Gasteiger partial charge in [0, 0.05) is 12.1 Å². The highest BCUT2D eigenvalue weighted by Crippen LogP contribution is 2.40. The topological polar surface area (TPSA) is 76.1 Å². The molecular formula is C27H33NO5. The summed E-state index contributed by atoms with van der Waals surface area (Å²) in [5, 5.41) is 11.3. The van der Waals surface area contributed by atoms with Crippen LogP contribution in [0.15, 0.2) is 48.0 Å². The molecule has 0 aliphatic carbocycles. The molecule has 0 saturated carbocycles. The Morgan fingerprint density at radius 1 is 1.06 bits per heavy atom. The lowest BCUT2D eigenvalue weighted by Crippen LogP contribution is -2.30. The molecule has 1 saturated heterocycles. The minimum absolute atomic E-state index is 0.107. The van der Waals surface area contributed by atoms with Gasteiger partial charge in [-0.05, 0) is 60.2 Å². The maximum absolute atomic E-state index is 13.1. The van der Waals surface area contributed by atoms with Gasteiger partial charge in [0.05, 0.1) is 25.3 Å². The molecule has 0 bridgehead atoms. The van der Waals surface area contributed by atoms with Gasteiger partial charge in [-0.25, -0.2) is 0 Å². The molecule has 1 N–H and O–H groups in total. The van der Waals surface area contributed by atoms with Gasteiger partial charge in [-0.3, -0.25) is 9.59 Å². The van der Waals surface area contributed by atoms with E-state index in [1.54, 1.807) is 24.1 Å². The molecule has 6 nitrogen and oxygen atoms in total. The first-order chi connectivity index (χ1) is 15.8. The Kier molecular flexibility index (Phi) is 7.79. The fourth-order valence-electron chi connectivity index (χ4n) is 4.15. The van der Waals surface area contributed by atoms with E-state index >= 15 is 0 Å². The number of hydrogen-bond acceptors (Lipinski definition) is 5. The Labute approximate surface area is 195 Å². The number of ether oxygens (including phenoxy) is 2. The van der Waals surface area contributed by atoms with Gasteiger partial charge in [0.1, 0.15) is 17.3 Å². The zero-order chi connectivity index (χ0) is 24.1. The smallest absolute Gasteiger partial charge is 0.295 e. The second-order valence-corrected chi connectivity index (χ2v) is 8.52. The van der Waals surface area contributed by atoms with Crippen LogP contribution in [0, 0.1) is 0 Å². The number of aliphatic hydroxyl groups excluding tert-OH is 1. The zero-order valence-corrected chi connectivity index (χ0v) is 20.1. The molecule has 0 spiro atoms. The Hall–Kier alpha value is -3.28. The van der Waals surface area contributed by atoms with E-state index < -0.39 is 17.7 Å². The van der Waals surface area contributed by atoms with Crippen molar-refractivity contribution in [2.75, 3.05) is 20.3 Å². The third kappa shape index (κ3) is 4.90. The van der Waals surface area contributed by atoms with Crippen molar-refractivity contribution < 1.29 is 24.2 Å². The quantitative estimate of drug-likeness (QED) is 0.312. The number of ketones is 1. The van der Waals surface area contributed by atoms with Crippen LogP contribution in [0.3, 0.4) is 0 Å². The van der Waals surface area contributed by atoms with Crippen molar-refractivity contribution in [3.63, 3.8) is 0 Å². The van der Waals surface area contributed by atoms with E-state index in [2.05, 4.69) is 0 Å². The molecule has 2 aromatic carbocycles. The van der Waals surface area contributed by atoms with Gasteiger partial charge in [0.15, 0.2) is 0 Å². The molecule has 2 aromatic rings. The van der Waals surface area contributed by atoms with Crippen LogP contribution in [0.2, 0.25) is 0 Å². The largest absolute Gasteiger partial charge is 0.507 e. The minimum Gasteiger partial charge on any atom is -0.507 e. The van der Waals surface area contributed by atoms with Crippen molar-refractivity contribution in [1.82, 2.24) is 4.90 Å². The van der Waals surface area contributed by atoms with Crippen LogP contribution in [-0.4, -0.2) is 42.0 Å². The molecule has 33 heavy (non-hydrogen) atoms. The van der Waals surface area contributed by atoms with Gasteiger partial charge in [-0.15, -0.1) is 0 Å². The van der Waals surface area contributed by atoms with Crippen LogP contribution in [0.1, 0.15) is 69.2 Å². The number of Topliss-reactive ketones (excluding diaryl/α,β-unsaturated/α-hetero) is 1. The number of benzene rings is 2. The summed E-state index contributed by atoms with van der Waals surface area (Å²) in [4.78, 5) is 27.5. The van der Waals surface area contributed by atoms with Crippen molar-refractivity contribution in [1.29, 1.82) is 0 Å². The van der Waals surface area contributed by atoms with Crippen molar-refractivity contribution in [3.05, 3.63) is 64.7 Å². The second kappa shape index (κ2) is 10.6. The number of likely N-dealkylation sites (tertiary alicyclic amines) is 1. The number of hydrogen-bond donors (Lipinski definition) is 1. The van der Waals surface area contributed by atoms with Crippen LogP contribution in [0.5, 0.6) is 11.5 Å². The maximum Gasteiger partial charge on any atom is 0.295 e. The molecule has 3 rings (SSSR count). The average Bonchev–Trinajstić information content (AvgIpc) is 3.07. The number of carbonyl (C=O) groups is 2. The minimum atomic E-state index is -0.667. The monoisotopic (exact) mass is 451 g/mol. The average molecular weight is 452 g/mol. The highest BCUT2D eigenvalue weighted by Gasteiger charge is 2.45. The Balaban J connectivity index is 2.12. The summed E-state index contributed by atoms with van der Waals surface area (Å²) < 4.78 is 11.1. The molecule has 176 valence electrons. The highest BCUT2D eigenvalue weighted by atomic mass is 16.5. The standard InChI is InChI=1S/C27H33NO5/c1-6-14-28-24(18-8-11-20(12-9-18)33-15-7-2)23(26(30)27(28)31)25(29)19-10-13-22(32-5)21(16-19)17(3)4/h8-13,16-17,24,29H,6-7,14-15H2,1-5H3/b25-23-. The van der Waals surface area contributed by atoms with Gasteiger partial charge < -0.3 is 19.5 Å². The predicted octanol–water partition coefficient (Wildman–Crippen LogP) is 5.44. The van der Waals surface area contributed by atoms with Crippen LogP contribution in [0.4, 0.5) is 0 Å². The summed E-state index contributed by atoms with van der Waals surface area (Å²) in [6.07, 6.45) is 1.60. The molecule has 1 unspecified atom stereocenters. The van der Waals surface area contributed by atoms with Crippen LogP contribution in [0.25, 0.3) is 5.76 Å². The van der Waals surface area contributed by atoms with E-state index in [1.165, 1.54) is 0 Å². The van der Waals surface area contributed by atoms with Gasteiger partial charge >= 0.3 is 0 Å². The fraction of sp³-hybridized carbons (Fsp3) is 0.407. The van der Waals surface area contributed by atoms with E-state index in [1.807, 2.05) is 58.0 Å². The van der Waals surface area contributed by atoms with Gasteiger partial charge in [0.2, 0.25) is 0 Å². The number of amides is 1. The molecule has 0 aromatic heterocycles. The van der Waals surface area contributed by atoms with Crippen molar-refractivity contribution in [2.24, 2.45) is 0 Å². The molecule has 1 amide bonds. The summed E-state index contributed by atoms with van der Waals surface area (Å²) in [6, 6.07) is 12.0. The second-order valence-electron chi connectivity index (χ2n) is 8.52. The summed E-state index contributed by atoms with van der Waals surface area (Å²) >= 11 is 0. The third-order valence-corrected chi connectivity index (χ3v) is 5.80. The number of carbonyl (C=O) groups excluding carboxylic acids is 2. The van der Waals surface area contributed by atoms with Crippen molar-refractivity contribution in [3.8, 4) is 11.5 Å². The molecule has 0 radical (unpaired) electrons. The van der Waals surface area contributed by atoms with Gasteiger partial charge in [0.25, 0.3) is 11.7 Å². The fourth-order valence-corrected chi connectivity index (χ4v) is 4.15. The maximum atomic E-state index is 13.1. The summed E-state index contributed by atoms with van der Waals surface area (Å²) in [5.74, 6) is 0.165. The van der Waals surface area contributed by atoms with Crippen LogP contribution < -0.4 is 9.47 Å². The van der Waals surface area contributed by atoms with E-state index in [9.17, 15) is 14.7 Å². The van der Waals surface area contributed by atoms with Crippen molar-refractivity contribution >= 4 is 17.4 Å². The first kappa shape index (κ1) is 24.4. The molecule has 1 fully saturated rings. The predicted molar refractivity (Wildman–Crippen MR) is 129 cm³/mol. The first-order valence-corrected chi connectivity index (χ1v) is 11.5. The highest BCUT2D eigenvalue weighted by molar-refractivity contribution is 6.46. The lowest BCUT2D eigenvalue weighted by Gasteiger charge is -2.25. The first-order valence-electron chi connectivity index (χ1n) is 11.5. The molecule has 6 heteroatoms. The molecule has 1 aliphatic heterocycles. The third-order valence-electron chi connectivity index (χ3n) is 5.80. The SMILES string of the molecule is CCCOc1ccc(C2/C(=C(/O)c3ccc(OC)c(C(C)C)c3)C(=O)C(=O)N2CCC)cc1. The number of rotatable bonds is 9. The van der Waals surface area contributed by atoms with E-state index in [-0.39, 0.29) is 17.3 Å². The van der Waals surface area contributed by atoms with Crippen LogP contribution >= 0.6 is 0 Å². The van der Waals surface area contributed by atoms with E-state index in [0.29, 0.717) is 30.9 Å². The Bertz CT molecular complexity index is 1040. The normalized spacial score (nSPS) is 17.6. The van der Waals surface area contributed by atoms with Crippen molar-refractivity contribution in [2.45, 2.75) is 52.5 Å². The summed E-state index contributed by atoms with van der Waals surface area (Å²) in [7, 11) is 1.60. The molecule has 1 atom stereocenters. The van der Waals surface area contributed by atoms with E-state index in [0.717, 1.165) is 23.3 Å². The number of methoxy groups -OCH3 is 1. The van der Waals surface area contributed by atoms with Crippen LogP contribution in [-0.2, 0) is 9.59 Å². The lowest BCUT2D eigenvalue weighted by molar-refractivity contribution is -0.139. The lowest BCUT2D eigenvalue weighted by atomic mass is 9.93. The summed E-state index contributed by atoms with van der Waals surface area (Å²) in [5.41, 5.74) is 2.27. The number of nitrogens with zero attached hydrogens (tertiary/aromatic N) is 1. The molecule has 1 heterocycles. The molecular weight excluding hydrogens is 418 g/mol. The Morgan fingerprint density at radius 3 is 2.33 bits per heavy atom. The Morgan fingerprint density at radius 2 is 1.76 bits per heavy atom.